The van der Waals surface area contributed by atoms with Gasteiger partial charge in [0.2, 0.25) is 0 Å². The van der Waals surface area contributed by atoms with Crippen molar-refractivity contribution in [3.05, 3.63) is 0 Å². The molecule has 0 radical (unpaired) electrons. The summed E-state index contributed by atoms with van der Waals surface area (Å²) in [6.07, 6.45) is 4.05. The van der Waals surface area contributed by atoms with Gasteiger partial charge in [0.15, 0.2) is 0 Å². The second-order valence-electron chi connectivity index (χ2n) is 4.46. The van der Waals surface area contributed by atoms with Gasteiger partial charge in [-0.05, 0) is 26.3 Å². The molecule has 0 heterocycles. The van der Waals surface area contributed by atoms with Crippen molar-refractivity contribution in [3.63, 3.8) is 0 Å². The first-order valence-corrected chi connectivity index (χ1v) is 5.43. The monoisotopic (exact) mass is 187 g/mol. The molecule has 0 fully saturated rings. The highest BCUT2D eigenvalue weighted by atomic mass is 16.3. The van der Waals surface area contributed by atoms with Crippen LogP contribution in [0, 0.1) is 0 Å². The van der Waals surface area contributed by atoms with E-state index >= 15 is 0 Å². The molecule has 1 unspecified atom stereocenters. The molecule has 0 aliphatic carbocycles. The maximum Gasteiger partial charge on any atom is 0.0631 e. The van der Waals surface area contributed by atoms with E-state index in [1.165, 1.54) is 0 Å². The first-order valence-electron chi connectivity index (χ1n) is 5.43. The molecule has 0 aliphatic heterocycles. The molecule has 1 atom stereocenters. The van der Waals surface area contributed by atoms with Crippen molar-refractivity contribution < 1.29 is 5.11 Å². The lowest BCUT2D eigenvalue weighted by atomic mass is 9.95. The third-order valence-electron chi connectivity index (χ3n) is 2.29. The molecule has 0 bridgehead atoms. The standard InChI is InChI=1S/C11H25NO/c1-5-6-7-11(4,13)8-9-12-10(2)3/h10,12-13H,5-9H2,1-4H3. The second-order valence-corrected chi connectivity index (χ2v) is 4.46. The van der Waals surface area contributed by atoms with Gasteiger partial charge in [-0.15, -0.1) is 0 Å². The quantitative estimate of drug-likeness (QED) is 0.641. The highest BCUT2D eigenvalue weighted by molar-refractivity contribution is 4.73. The molecule has 0 aromatic rings. The van der Waals surface area contributed by atoms with Crippen molar-refractivity contribution in [3.8, 4) is 0 Å². The van der Waals surface area contributed by atoms with Crippen LogP contribution in [0.2, 0.25) is 0 Å². The fourth-order valence-electron chi connectivity index (χ4n) is 1.31. The Bertz CT molecular complexity index is 121. The SMILES string of the molecule is CCCCC(C)(O)CCNC(C)C. The Morgan fingerprint density at radius 1 is 1.31 bits per heavy atom. The zero-order valence-electron chi connectivity index (χ0n) is 9.56. The molecule has 80 valence electrons. The maximum atomic E-state index is 9.92. The predicted molar refractivity (Wildman–Crippen MR) is 57.9 cm³/mol. The Morgan fingerprint density at radius 3 is 2.38 bits per heavy atom. The van der Waals surface area contributed by atoms with E-state index in [9.17, 15) is 5.11 Å². The van der Waals surface area contributed by atoms with Crippen LogP contribution in [0.4, 0.5) is 0 Å². The van der Waals surface area contributed by atoms with Crippen LogP contribution in [0.3, 0.4) is 0 Å². The Kier molecular flexibility index (Phi) is 6.35. The lowest BCUT2D eigenvalue weighted by molar-refractivity contribution is 0.0396. The summed E-state index contributed by atoms with van der Waals surface area (Å²) < 4.78 is 0. The van der Waals surface area contributed by atoms with Crippen LogP contribution < -0.4 is 5.32 Å². The van der Waals surface area contributed by atoms with E-state index in [0.29, 0.717) is 6.04 Å². The summed E-state index contributed by atoms with van der Waals surface area (Å²) >= 11 is 0. The highest BCUT2D eigenvalue weighted by Crippen LogP contribution is 2.16. The Morgan fingerprint density at radius 2 is 1.92 bits per heavy atom. The van der Waals surface area contributed by atoms with Gasteiger partial charge in [-0.1, -0.05) is 33.6 Å². The molecule has 13 heavy (non-hydrogen) atoms. The molecule has 2 N–H and O–H groups in total. The maximum absolute atomic E-state index is 9.92. The smallest absolute Gasteiger partial charge is 0.0631 e. The van der Waals surface area contributed by atoms with Crippen LogP contribution in [0.5, 0.6) is 0 Å². The van der Waals surface area contributed by atoms with E-state index in [4.69, 9.17) is 0 Å². The van der Waals surface area contributed by atoms with Crippen molar-refractivity contribution >= 4 is 0 Å². The van der Waals surface area contributed by atoms with Crippen molar-refractivity contribution in [1.82, 2.24) is 5.32 Å². The summed E-state index contributed by atoms with van der Waals surface area (Å²) in [7, 11) is 0. The average Bonchev–Trinajstić information content (AvgIpc) is 2.00. The minimum absolute atomic E-state index is 0.474. The molecule has 0 rings (SSSR count). The van der Waals surface area contributed by atoms with Gasteiger partial charge in [-0.3, -0.25) is 0 Å². The fourth-order valence-corrected chi connectivity index (χ4v) is 1.31. The Balaban J connectivity index is 3.50. The van der Waals surface area contributed by atoms with E-state index in [1.807, 2.05) is 6.92 Å². The van der Waals surface area contributed by atoms with Gasteiger partial charge in [0.25, 0.3) is 0 Å². The summed E-state index contributed by atoms with van der Waals surface area (Å²) in [5.74, 6) is 0. The topological polar surface area (TPSA) is 32.3 Å². The van der Waals surface area contributed by atoms with Crippen LogP contribution >= 0.6 is 0 Å². The molecular weight excluding hydrogens is 162 g/mol. The molecule has 0 saturated carbocycles. The predicted octanol–water partition coefficient (Wildman–Crippen LogP) is 2.32. The molecule has 0 aliphatic rings. The van der Waals surface area contributed by atoms with Gasteiger partial charge in [-0.2, -0.15) is 0 Å². The van der Waals surface area contributed by atoms with Gasteiger partial charge in [0.05, 0.1) is 5.60 Å². The van der Waals surface area contributed by atoms with Crippen LogP contribution in [-0.2, 0) is 0 Å². The van der Waals surface area contributed by atoms with Crippen molar-refractivity contribution in [2.75, 3.05) is 6.54 Å². The van der Waals surface area contributed by atoms with E-state index < -0.39 is 5.60 Å². The van der Waals surface area contributed by atoms with Gasteiger partial charge in [0.1, 0.15) is 0 Å². The van der Waals surface area contributed by atoms with Crippen molar-refractivity contribution in [2.24, 2.45) is 0 Å². The van der Waals surface area contributed by atoms with Crippen LogP contribution in [-0.4, -0.2) is 23.3 Å². The van der Waals surface area contributed by atoms with Gasteiger partial charge in [0, 0.05) is 6.04 Å². The highest BCUT2D eigenvalue weighted by Gasteiger charge is 2.18. The molecule has 0 spiro atoms. The van der Waals surface area contributed by atoms with Crippen molar-refractivity contribution in [2.45, 2.75) is 65.0 Å². The lowest BCUT2D eigenvalue weighted by Crippen LogP contribution is -2.32. The zero-order chi connectivity index (χ0) is 10.3. The summed E-state index contributed by atoms with van der Waals surface area (Å²) in [6, 6.07) is 0.516. The third kappa shape index (κ3) is 8.26. The van der Waals surface area contributed by atoms with E-state index in [0.717, 1.165) is 32.2 Å². The first-order chi connectivity index (χ1) is 5.98. The zero-order valence-corrected chi connectivity index (χ0v) is 9.56. The molecule has 0 saturated heterocycles. The summed E-state index contributed by atoms with van der Waals surface area (Å²) in [5.41, 5.74) is -0.474. The molecular formula is C11H25NO. The molecule has 2 nitrogen and oxygen atoms in total. The van der Waals surface area contributed by atoms with E-state index in [2.05, 4.69) is 26.1 Å². The fraction of sp³-hybridized carbons (Fsp3) is 1.00. The normalized spacial score (nSPS) is 16.2. The van der Waals surface area contributed by atoms with Gasteiger partial charge >= 0.3 is 0 Å². The minimum atomic E-state index is -0.474. The van der Waals surface area contributed by atoms with E-state index in [1.54, 1.807) is 0 Å². The molecule has 0 aromatic heterocycles. The number of hydrogen-bond acceptors (Lipinski definition) is 2. The molecule has 0 aromatic carbocycles. The number of hydrogen-bond donors (Lipinski definition) is 2. The number of aliphatic hydroxyl groups is 1. The summed E-state index contributed by atoms with van der Waals surface area (Å²) in [6.45, 7) is 9.25. The number of rotatable bonds is 7. The molecule has 2 heteroatoms. The lowest BCUT2D eigenvalue weighted by Gasteiger charge is -2.23. The average molecular weight is 187 g/mol. The van der Waals surface area contributed by atoms with Crippen molar-refractivity contribution in [1.29, 1.82) is 0 Å². The van der Waals surface area contributed by atoms with Crippen LogP contribution in [0.1, 0.15) is 53.4 Å². The largest absolute Gasteiger partial charge is 0.390 e. The number of nitrogens with one attached hydrogen (secondary N) is 1. The third-order valence-corrected chi connectivity index (χ3v) is 2.29. The summed E-state index contributed by atoms with van der Waals surface area (Å²) in [4.78, 5) is 0. The van der Waals surface area contributed by atoms with E-state index in [-0.39, 0.29) is 0 Å². The first kappa shape index (κ1) is 12.9. The Hall–Kier alpha value is -0.0800. The second kappa shape index (κ2) is 6.39. The van der Waals surface area contributed by atoms with Crippen LogP contribution in [0.25, 0.3) is 0 Å². The van der Waals surface area contributed by atoms with Crippen LogP contribution in [0.15, 0.2) is 0 Å². The van der Waals surface area contributed by atoms with Gasteiger partial charge in [-0.25, -0.2) is 0 Å². The minimum Gasteiger partial charge on any atom is -0.390 e. The Labute approximate surface area is 82.7 Å². The molecule has 0 amide bonds. The summed E-state index contributed by atoms with van der Waals surface area (Å²) in [5, 5.41) is 13.2. The number of unbranched alkanes of at least 4 members (excludes halogenated alkanes) is 1. The van der Waals surface area contributed by atoms with Gasteiger partial charge < -0.3 is 10.4 Å².